The summed E-state index contributed by atoms with van der Waals surface area (Å²) in [6.07, 6.45) is 0.421. The largest absolute Gasteiger partial charge is 0.387 e. The molecule has 24 heavy (non-hydrogen) atoms. The molecule has 0 aliphatic rings. The Morgan fingerprint density at radius 2 is 1.88 bits per heavy atom. The summed E-state index contributed by atoms with van der Waals surface area (Å²) in [5, 5.41) is 13.6. The van der Waals surface area contributed by atoms with Gasteiger partial charge in [0.1, 0.15) is 5.56 Å². The first kappa shape index (κ1) is 16.2. The highest BCUT2D eigenvalue weighted by atomic mass is 35.5. The maximum atomic E-state index is 12.4. The van der Waals surface area contributed by atoms with E-state index < -0.39 is 12.0 Å². The van der Waals surface area contributed by atoms with Crippen LogP contribution in [0.1, 0.15) is 22.0 Å². The molecular formula is C18H15ClN2O3. The zero-order valence-electron chi connectivity index (χ0n) is 12.6. The number of carbonyl (C=O) groups excluding carboxylic acids is 1. The Morgan fingerprint density at radius 3 is 2.67 bits per heavy atom. The standard InChI is InChI=1S/C18H15ClN2O3/c19-14-7-3-1-5-11(14)16(22)10-21-18(24)13-9-20-15-8-4-2-6-12(15)17(13)23/h1-9,16,22H,10H2,(H,20,23)(H,21,24). The Kier molecular flexibility index (Phi) is 4.64. The molecule has 1 atom stereocenters. The second kappa shape index (κ2) is 6.86. The number of aromatic nitrogens is 1. The molecule has 0 bridgehead atoms. The van der Waals surface area contributed by atoms with E-state index in [1.54, 1.807) is 48.5 Å². The Labute approximate surface area is 142 Å². The third-order valence-electron chi connectivity index (χ3n) is 3.75. The third kappa shape index (κ3) is 3.18. The summed E-state index contributed by atoms with van der Waals surface area (Å²) in [7, 11) is 0. The van der Waals surface area contributed by atoms with E-state index in [4.69, 9.17) is 11.6 Å². The lowest BCUT2D eigenvalue weighted by atomic mass is 10.1. The molecule has 0 saturated carbocycles. The van der Waals surface area contributed by atoms with Crippen molar-refractivity contribution in [1.82, 2.24) is 10.3 Å². The van der Waals surface area contributed by atoms with Gasteiger partial charge in [0, 0.05) is 34.2 Å². The van der Waals surface area contributed by atoms with Crippen molar-refractivity contribution >= 4 is 28.4 Å². The maximum absolute atomic E-state index is 12.4. The molecule has 2 aromatic carbocycles. The minimum absolute atomic E-state index is 0.0000543. The average molecular weight is 343 g/mol. The topological polar surface area (TPSA) is 82.2 Å². The summed E-state index contributed by atoms with van der Waals surface area (Å²) in [5.41, 5.74) is 0.830. The van der Waals surface area contributed by atoms with Crippen molar-refractivity contribution in [3.8, 4) is 0 Å². The van der Waals surface area contributed by atoms with Gasteiger partial charge < -0.3 is 15.4 Å². The molecule has 122 valence electrons. The number of H-pyrrole nitrogens is 1. The third-order valence-corrected chi connectivity index (χ3v) is 4.10. The fourth-order valence-electron chi connectivity index (χ4n) is 2.48. The number of aliphatic hydroxyl groups is 1. The number of pyridine rings is 1. The molecule has 0 aliphatic heterocycles. The van der Waals surface area contributed by atoms with Crippen LogP contribution < -0.4 is 10.7 Å². The zero-order valence-corrected chi connectivity index (χ0v) is 13.4. The number of amides is 1. The molecular weight excluding hydrogens is 328 g/mol. The fourth-order valence-corrected chi connectivity index (χ4v) is 2.74. The molecule has 0 fully saturated rings. The van der Waals surface area contributed by atoms with Crippen LogP contribution in [0.25, 0.3) is 10.9 Å². The Bertz CT molecular complexity index is 952. The quantitative estimate of drug-likeness (QED) is 0.681. The minimum atomic E-state index is -0.956. The molecule has 0 spiro atoms. The van der Waals surface area contributed by atoms with Crippen LogP contribution in [0.4, 0.5) is 0 Å². The molecule has 6 heteroatoms. The van der Waals surface area contributed by atoms with Gasteiger partial charge in [0.2, 0.25) is 5.43 Å². The highest BCUT2D eigenvalue weighted by Crippen LogP contribution is 2.21. The van der Waals surface area contributed by atoms with Crippen LogP contribution in [-0.4, -0.2) is 22.5 Å². The van der Waals surface area contributed by atoms with Crippen LogP contribution in [0.5, 0.6) is 0 Å². The number of nitrogens with one attached hydrogen (secondary N) is 2. The predicted octanol–water partition coefficient (Wildman–Crippen LogP) is 2.64. The molecule has 0 saturated heterocycles. The molecule has 3 N–H and O–H groups in total. The van der Waals surface area contributed by atoms with Crippen LogP contribution in [0, 0.1) is 0 Å². The second-order valence-electron chi connectivity index (χ2n) is 5.32. The molecule has 1 aromatic heterocycles. The molecule has 1 unspecified atom stereocenters. The number of aliphatic hydroxyl groups excluding tert-OH is 1. The molecule has 3 aromatic rings. The van der Waals surface area contributed by atoms with Gasteiger partial charge in [-0.15, -0.1) is 0 Å². The van der Waals surface area contributed by atoms with Crippen LogP contribution >= 0.6 is 11.6 Å². The van der Waals surface area contributed by atoms with Gasteiger partial charge in [0.15, 0.2) is 0 Å². The van der Waals surface area contributed by atoms with Crippen molar-refractivity contribution in [1.29, 1.82) is 0 Å². The summed E-state index contributed by atoms with van der Waals surface area (Å²) >= 11 is 6.01. The molecule has 0 radical (unpaired) electrons. The Balaban J connectivity index is 1.77. The summed E-state index contributed by atoms with van der Waals surface area (Å²) in [6.45, 7) is -0.0468. The van der Waals surface area contributed by atoms with Crippen molar-refractivity contribution in [2.45, 2.75) is 6.10 Å². The van der Waals surface area contributed by atoms with Crippen molar-refractivity contribution in [3.63, 3.8) is 0 Å². The summed E-state index contributed by atoms with van der Waals surface area (Å²) in [6, 6.07) is 13.8. The molecule has 1 amide bonds. The first-order valence-corrected chi connectivity index (χ1v) is 7.77. The molecule has 0 aliphatic carbocycles. The summed E-state index contributed by atoms with van der Waals surface area (Å²) in [4.78, 5) is 27.6. The number of rotatable bonds is 4. The number of halogens is 1. The fraction of sp³-hybridized carbons (Fsp3) is 0.111. The predicted molar refractivity (Wildman–Crippen MR) is 93.3 cm³/mol. The van der Waals surface area contributed by atoms with Crippen molar-refractivity contribution < 1.29 is 9.90 Å². The Hall–Kier alpha value is -2.63. The summed E-state index contributed by atoms with van der Waals surface area (Å²) < 4.78 is 0. The number of para-hydroxylation sites is 1. The van der Waals surface area contributed by atoms with Gasteiger partial charge in [0.25, 0.3) is 5.91 Å². The highest BCUT2D eigenvalue weighted by Gasteiger charge is 2.16. The first-order chi connectivity index (χ1) is 11.6. The van der Waals surface area contributed by atoms with E-state index >= 15 is 0 Å². The van der Waals surface area contributed by atoms with Gasteiger partial charge in [-0.25, -0.2) is 0 Å². The number of hydrogen-bond acceptors (Lipinski definition) is 3. The van der Waals surface area contributed by atoms with Crippen LogP contribution in [0.3, 0.4) is 0 Å². The number of hydrogen-bond donors (Lipinski definition) is 3. The van der Waals surface area contributed by atoms with E-state index in [1.165, 1.54) is 6.20 Å². The second-order valence-corrected chi connectivity index (χ2v) is 5.73. The zero-order chi connectivity index (χ0) is 17.1. The lowest BCUT2D eigenvalue weighted by Gasteiger charge is -2.13. The number of fused-ring (bicyclic) bond motifs is 1. The van der Waals surface area contributed by atoms with Crippen LogP contribution in [0.15, 0.2) is 59.5 Å². The van der Waals surface area contributed by atoms with E-state index in [1.807, 2.05) is 0 Å². The summed E-state index contributed by atoms with van der Waals surface area (Å²) in [5.74, 6) is -0.548. The van der Waals surface area contributed by atoms with Gasteiger partial charge in [-0.05, 0) is 18.2 Å². The van der Waals surface area contributed by atoms with Gasteiger partial charge in [0.05, 0.1) is 6.10 Å². The minimum Gasteiger partial charge on any atom is -0.387 e. The van der Waals surface area contributed by atoms with E-state index in [-0.39, 0.29) is 17.5 Å². The Morgan fingerprint density at radius 1 is 1.17 bits per heavy atom. The smallest absolute Gasteiger partial charge is 0.256 e. The monoisotopic (exact) mass is 342 g/mol. The molecule has 5 nitrogen and oxygen atoms in total. The van der Waals surface area contributed by atoms with Gasteiger partial charge in [-0.3, -0.25) is 9.59 Å². The maximum Gasteiger partial charge on any atom is 0.256 e. The van der Waals surface area contributed by atoms with Crippen LogP contribution in [0.2, 0.25) is 5.02 Å². The van der Waals surface area contributed by atoms with Crippen LogP contribution in [-0.2, 0) is 0 Å². The number of aromatic amines is 1. The molecule has 3 rings (SSSR count). The van der Waals surface area contributed by atoms with E-state index in [9.17, 15) is 14.7 Å². The lowest BCUT2D eigenvalue weighted by Crippen LogP contribution is -2.32. The SMILES string of the molecule is O=C(NCC(O)c1ccccc1Cl)c1c[nH]c2ccccc2c1=O. The van der Waals surface area contributed by atoms with Gasteiger partial charge >= 0.3 is 0 Å². The van der Waals surface area contributed by atoms with Crippen molar-refractivity contribution in [2.75, 3.05) is 6.54 Å². The van der Waals surface area contributed by atoms with Gasteiger partial charge in [-0.2, -0.15) is 0 Å². The van der Waals surface area contributed by atoms with E-state index in [0.717, 1.165) is 0 Å². The molecule has 1 heterocycles. The average Bonchev–Trinajstić information content (AvgIpc) is 2.60. The normalized spacial score (nSPS) is 12.1. The first-order valence-electron chi connectivity index (χ1n) is 7.39. The van der Waals surface area contributed by atoms with Gasteiger partial charge in [-0.1, -0.05) is 41.9 Å². The number of carbonyl (C=O) groups is 1. The van der Waals surface area contributed by atoms with Crippen molar-refractivity contribution in [3.05, 3.63) is 81.1 Å². The lowest BCUT2D eigenvalue weighted by molar-refractivity contribution is 0.0915. The van der Waals surface area contributed by atoms with Crippen molar-refractivity contribution in [2.24, 2.45) is 0 Å². The van der Waals surface area contributed by atoms with E-state index in [0.29, 0.717) is 21.5 Å². The highest BCUT2D eigenvalue weighted by molar-refractivity contribution is 6.31. The van der Waals surface area contributed by atoms with E-state index in [2.05, 4.69) is 10.3 Å². The number of benzene rings is 2.